The highest BCUT2D eigenvalue weighted by atomic mass is 16.4. The van der Waals surface area contributed by atoms with Crippen molar-refractivity contribution in [1.82, 2.24) is 5.32 Å². The first-order valence-corrected chi connectivity index (χ1v) is 9.55. The summed E-state index contributed by atoms with van der Waals surface area (Å²) in [5.74, 6) is 1.10. The van der Waals surface area contributed by atoms with Crippen molar-refractivity contribution in [3.63, 3.8) is 0 Å². The molecule has 0 aromatic rings. The van der Waals surface area contributed by atoms with Gasteiger partial charge in [0.05, 0.1) is 11.8 Å². The van der Waals surface area contributed by atoms with Crippen LogP contribution in [0, 0.1) is 35.0 Å². The molecular formula is C19H29NO3. The highest BCUT2D eigenvalue weighted by Gasteiger charge is 2.51. The number of carboxylic acids is 1. The van der Waals surface area contributed by atoms with Crippen molar-refractivity contribution in [2.45, 2.75) is 64.2 Å². The van der Waals surface area contributed by atoms with Gasteiger partial charge < -0.3 is 10.4 Å². The summed E-state index contributed by atoms with van der Waals surface area (Å²) in [6.07, 6.45) is 11.4. The minimum Gasteiger partial charge on any atom is -0.481 e. The first-order valence-electron chi connectivity index (χ1n) is 9.55. The average Bonchev–Trinajstić information content (AvgIpc) is 2.51. The zero-order valence-electron chi connectivity index (χ0n) is 13.9. The molecule has 23 heavy (non-hydrogen) atoms. The van der Waals surface area contributed by atoms with Crippen LogP contribution in [0.3, 0.4) is 0 Å². The zero-order chi connectivity index (χ0) is 16.0. The largest absolute Gasteiger partial charge is 0.481 e. The molecule has 5 aliphatic carbocycles. The minimum atomic E-state index is -0.792. The molecule has 0 saturated heterocycles. The first-order chi connectivity index (χ1) is 11.0. The highest BCUT2D eigenvalue weighted by molar-refractivity contribution is 5.84. The van der Waals surface area contributed by atoms with Gasteiger partial charge in [-0.15, -0.1) is 0 Å². The summed E-state index contributed by atoms with van der Waals surface area (Å²) in [7, 11) is 0. The molecule has 5 aliphatic rings. The van der Waals surface area contributed by atoms with E-state index in [1.807, 2.05) is 0 Å². The van der Waals surface area contributed by atoms with Crippen molar-refractivity contribution in [1.29, 1.82) is 0 Å². The number of nitrogens with one attached hydrogen (secondary N) is 1. The fraction of sp³-hybridized carbons (Fsp3) is 0.895. The molecule has 4 nitrogen and oxygen atoms in total. The molecule has 0 radical (unpaired) electrons. The van der Waals surface area contributed by atoms with E-state index in [1.165, 1.54) is 38.5 Å². The second-order valence-electron chi connectivity index (χ2n) is 8.97. The lowest BCUT2D eigenvalue weighted by Crippen LogP contribution is -2.52. The second-order valence-corrected chi connectivity index (χ2v) is 8.97. The normalized spacial score (nSPS) is 45.0. The van der Waals surface area contributed by atoms with Crippen LogP contribution in [-0.4, -0.2) is 23.5 Å². The van der Waals surface area contributed by atoms with Crippen LogP contribution in [0.25, 0.3) is 0 Å². The van der Waals surface area contributed by atoms with Gasteiger partial charge in [-0.3, -0.25) is 9.59 Å². The highest BCUT2D eigenvalue weighted by Crippen LogP contribution is 2.59. The number of aliphatic carboxylic acids is 1. The zero-order valence-corrected chi connectivity index (χ0v) is 13.9. The molecule has 2 N–H and O–H groups in total. The minimum absolute atomic E-state index is 0.00726. The van der Waals surface area contributed by atoms with Crippen LogP contribution in [0.5, 0.6) is 0 Å². The van der Waals surface area contributed by atoms with E-state index in [9.17, 15) is 14.7 Å². The predicted octanol–water partition coefficient (Wildman–Crippen LogP) is 3.21. The van der Waals surface area contributed by atoms with Crippen LogP contribution in [-0.2, 0) is 9.59 Å². The molecule has 128 valence electrons. The Labute approximate surface area is 138 Å². The standard InChI is InChI=1S/C19H29NO3/c21-17(15-3-1-2-4-16(15)18(22)23)20-11-19-8-12-5-13(9-19)7-14(6-12)10-19/h12-16H,1-11H2,(H,20,21)(H,22,23)/t12?,13?,14?,15-,16+,19?/m0/s1. The third-order valence-corrected chi connectivity index (χ3v) is 7.22. The number of hydrogen-bond acceptors (Lipinski definition) is 2. The lowest BCUT2D eigenvalue weighted by molar-refractivity contribution is -0.149. The van der Waals surface area contributed by atoms with Gasteiger partial charge in [0.25, 0.3) is 0 Å². The summed E-state index contributed by atoms with van der Waals surface area (Å²) < 4.78 is 0. The Kier molecular flexibility index (Phi) is 3.89. The van der Waals surface area contributed by atoms with E-state index in [0.29, 0.717) is 11.8 Å². The fourth-order valence-corrected chi connectivity index (χ4v) is 6.65. The number of carboxylic acid groups (broad SMARTS) is 1. The molecule has 5 fully saturated rings. The Bertz CT molecular complexity index is 466. The summed E-state index contributed by atoms with van der Waals surface area (Å²) in [4.78, 5) is 24.0. The quantitative estimate of drug-likeness (QED) is 0.836. The van der Waals surface area contributed by atoms with Gasteiger partial charge in [-0.25, -0.2) is 0 Å². The lowest BCUT2D eigenvalue weighted by Gasteiger charge is -2.57. The Balaban J connectivity index is 1.38. The number of carbonyl (C=O) groups is 2. The van der Waals surface area contributed by atoms with Crippen molar-refractivity contribution in [3.8, 4) is 0 Å². The third kappa shape index (κ3) is 2.89. The summed E-state index contributed by atoms with van der Waals surface area (Å²) in [6, 6.07) is 0. The van der Waals surface area contributed by atoms with E-state index in [0.717, 1.165) is 43.6 Å². The van der Waals surface area contributed by atoms with Crippen LogP contribution in [0.4, 0.5) is 0 Å². The van der Waals surface area contributed by atoms with Gasteiger partial charge in [0.15, 0.2) is 0 Å². The topological polar surface area (TPSA) is 66.4 Å². The Morgan fingerprint density at radius 2 is 1.43 bits per heavy atom. The van der Waals surface area contributed by atoms with Crippen LogP contribution in [0.15, 0.2) is 0 Å². The fourth-order valence-electron chi connectivity index (χ4n) is 6.65. The third-order valence-electron chi connectivity index (χ3n) is 7.22. The summed E-state index contributed by atoms with van der Waals surface area (Å²) >= 11 is 0. The number of amides is 1. The van der Waals surface area contributed by atoms with Crippen LogP contribution in [0.1, 0.15) is 64.2 Å². The molecule has 0 spiro atoms. The molecule has 5 saturated carbocycles. The van der Waals surface area contributed by atoms with Gasteiger partial charge >= 0.3 is 5.97 Å². The summed E-state index contributed by atoms with van der Waals surface area (Å²) in [5.41, 5.74) is 0.331. The maximum atomic E-state index is 12.6. The smallest absolute Gasteiger partial charge is 0.307 e. The number of hydrogen-bond donors (Lipinski definition) is 2. The number of carbonyl (C=O) groups excluding carboxylic acids is 1. The van der Waals surface area contributed by atoms with Gasteiger partial charge in [0.1, 0.15) is 0 Å². The summed E-state index contributed by atoms with van der Waals surface area (Å²) in [5, 5.41) is 12.6. The van der Waals surface area contributed by atoms with Crippen molar-refractivity contribution < 1.29 is 14.7 Å². The molecular weight excluding hydrogens is 290 g/mol. The van der Waals surface area contributed by atoms with Gasteiger partial charge in [-0.05, 0) is 74.5 Å². The van der Waals surface area contributed by atoms with Crippen molar-refractivity contribution in [2.75, 3.05) is 6.54 Å². The first kappa shape index (κ1) is 15.5. The molecule has 0 aromatic carbocycles. The average molecular weight is 319 g/mol. The molecule has 2 atom stereocenters. The van der Waals surface area contributed by atoms with Crippen LogP contribution >= 0.6 is 0 Å². The molecule has 0 unspecified atom stereocenters. The van der Waals surface area contributed by atoms with E-state index in [1.54, 1.807) is 0 Å². The lowest BCUT2D eigenvalue weighted by atomic mass is 9.49. The van der Waals surface area contributed by atoms with E-state index in [4.69, 9.17) is 0 Å². The molecule has 0 aromatic heterocycles. The van der Waals surface area contributed by atoms with Gasteiger partial charge in [0, 0.05) is 6.54 Å². The van der Waals surface area contributed by atoms with Crippen LogP contribution in [0.2, 0.25) is 0 Å². The number of rotatable bonds is 4. The van der Waals surface area contributed by atoms with Gasteiger partial charge in [0.2, 0.25) is 5.91 Å². The summed E-state index contributed by atoms with van der Waals surface area (Å²) in [6.45, 7) is 0.790. The van der Waals surface area contributed by atoms with Gasteiger partial charge in [-0.1, -0.05) is 12.8 Å². The van der Waals surface area contributed by atoms with Crippen molar-refractivity contribution in [3.05, 3.63) is 0 Å². The molecule has 5 rings (SSSR count). The molecule has 4 heteroatoms. The Morgan fingerprint density at radius 3 is 1.96 bits per heavy atom. The SMILES string of the molecule is O=C(NCC12CC3CC(CC(C3)C1)C2)[C@H]1CCCC[C@H]1C(=O)O. The Morgan fingerprint density at radius 1 is 0.913 bits per heavy atom. The van der Waals surface area contributed by atoms with E-state index in [-0.39, 0.29) is 11.8 Å². The molecule has 1 amide bonds. The van der Waals surface area contributed by atoms with Crippen molar-refractivity contribution in [2.24, 2.45) is 35.0 Å². The maximum Gasteiger partial charge on any atom is 0.307 e. The predicted molar refractivity (Wildman–Crippen MR) is 86.7 cm³/mol. The molecule has 0 aliphatic heterocycles. The monoisotopic (exact) mass is 319 g/mol. The van der Waals surface area contributed by atoms with Crippen molar-refractivity contribution >= 4 is 11.9 Å². The molecule has 0 heterocycles. The van der Waals surface area contributed by atoms with Gasteiger partial charge in [-0.2, -0.15) is 0 Å². The van der Waals surface area contributed by atoms with E-state index >= 15 is 0 Å². The van der Waals surface area contributed by atoms with E-state index in [2.05, 4.69) is 5.32 Å². The van der Waals surface area contributed by atoms with Crippen LogP contribution < -0.4 is 5.32 Å². The Hall–Kier alpha value is -1.06. The maximum absolute atomic E-state index is 12.6. The molecule has 4 bridgehead atoms. The second kappa shape index (κ2) is 5.78. The van der Waals surface area contributed by atoms with E-state index < -0.39 is 11.9 Å².